The van der Waals surface area contributed by atoms with Gasteiger partial charge in [0.15, 0.2) is 0 Å². The fourth-order valence-electron chi connectivity index (χ4n) is 2.56. The summed E-state index contributed by atoms with van der Waals surface area (Å²) in [6.07, 6.45) is 4.36. The highest BCUT2D eigenvalue weighted by Gasteiger charge is 2.21. The number of hydrogen-bond acceptors (Lipinski definition) is 3. The summed E-state index contributed by atoms with van der Waals surface area (Å²) in [7, 11) is 0. The van der Waals surface area contributed by atoms with Crippen molar-refractivity contribution in [2.24, 2.45) is 5.92 Å². The minimum absolute atomic E-state index is 0.0998. The van der Waals surface area contributed by atoms with Gasteiger partial charge in [0.25, 0.3) is 5.91 Å². The van der Waals surface area contributed by atoms with Crippen LogP contribution in [0.4, 0.5) is 0 Å². The van der Waals surface area contributed by atoms with Crippen molar-refractivity contribution in [3.63, 3.8) is 0 Å². The first-order valence-electron chi connectivity index (χ1n) is 6.38. The third-order valence-electron chi connectivity index (χ3n) is 3.44. The maximum atomic E-state index is 12.0. The highest BCUT2D eigenvalue weighted by Crippen LogP contribution is 2.24. The molecule has 2 unspecified atom stereocenters. The Morgan fingerprint density at radius 2 is 1.89 bits per heavy atom. The molecule has 18 heavy (non-hydrogen) atoms. The molecule has 2 atom stereocenters. The van der Waals surface area contributed by atoms with Crippen molar-refractivity contribution < 1.29 is 15.0 Å². The van der Waals surface area contributed by atoms with E-state index in [1.54, 1.807) is 0 Å². The van der Waals surface area contributed by atoms with Crippen molar-refractivity contribution in [1.29, 1.82) is 0 Å². The summed E-state index contributed by atoms with van der Waals surface area (Å²) in [5, 5.41) is 21.7. The largest absolute Gasteiger partial charge is 0.508 e. The lowest BCUT2D eigenvalue weighted by atomic mass is 9.87. The molecular formula is C14H19NO3. The molecule has 4 nitrogen and oxygen atoms in total. The zero-order chi connectivity index (χ0) is 13.1. The van der Waals surface area contributed by atoms with Gasteiger partial charge in [-0.3, -0.25) is 4.79 Å². The lowest BCUT2D eigenvalue weighted by Gasteiger charge is -2.27. The topological polar surface area (TPSA) is 69.6 Å². The zero-order valence-electron chi connectivity index (χ0n) is 10.5. The monoisotopic (exact) mass is 249 g/mol. The number of aromatic hydroxyl groups is 2. The summed E-state index contributed by atoms with van der Waals surface area (Å²) in [5.41, 5.74) is 0.297. The third-order valence-corrected chi connectivity index (χ3v) is 3.44. The normalized spacial score (nSPS) is 23.6. The van der Waals surface area contributed by atoms with E-state index in [2.05, 4.69) is 12.2 Å². The molecule has 0 aliphatic heterocycles. The van der Waals surface area contributed by atoms with Gasteiger partial charge in [-0.2, -0.15) is 0 Å². The van der Waals surface area contributed by atoms with Crippen LogP contribution in [0.15, 0.2) is 18.2 Å². The molecule has 0 heterocycles. The Balaban J connectivity index is 2.02. The zero-order valence-corrected chi connectivity index (χ0v) is 10.5. The molecule has 0 spiro atoms. The van der Waals surface area contributed by atoms with E-state index in [4.69, 9.17) is 0 Å². The molecule has 1 aromatic rings. The van der Waals surface area contributed by atoms with Crippen LogP contribution < -0.4 is 5.32 Å². The summed E-state index contributed by atoms with van der Waals surface area (Å²) in [6.45, 7) is 2.19. The molecule has 1 aromatic carbocycles. The summed E-state index contributed by atoms with van der Waals surface area (Å²) >= 11 is 0. The Morgan fingerprint density at radius 3 is 2.50 bits per heavy atom. The second-order valence-corrected chi connectivity index (χ2v) is 5.18. The fourth-order valence-corrected chi connectivity index (χ4v) is 2.56. The Hall–Kier alpha value is -1.71. The van der Waals surface area contributed by atoms with E-state index in [0.717, 1.165) is 19.3 Å². The van der Waals surface area contributed by atoms with Gasteiger partial charge in [0, 0.05) is 17.7 Å². The second-order valence-electron chi connectivity index (χ2n) is 5.18. The van der Waals surface area contributed by atoms with Gasteiger partial charge in [-0.1, -0.05) is 19.8 Å². The average Bonchev–Trinajstić information content (AvgIpc) is 2.27. The van der Waals surface area contributed by atoms with Crippen LogP contribution in [-0.4, -0.2) is 22.2 Å². The molecule has 3 N–H and O–H groups in total. The van der Waals surface area contributed by atoms with E-state index in [-0.39, 0.29) is 23.4 Å². The van der Waals surface area contributed by atoms with Crippen molar-refractivity contribution in [1.82, 2.24) is 5.32 Å². The van der Waals surface area contributed by atoms with Gasteiger partial charge in [-0.05, 0) is 30.9 Å². The molecule has 4 heteroatoms. The summed E-state index contributed by atoms with van der Waals surface area (Å²) in [6, 6.07) is 4.13. The number of amides is 1. The molecule has 98 valence electrons. The molecule has 2 rings (SSSR count). The Kier molecular flexibility index (Phi) is 3.75. The van der Waals surface area contributed by atoms with E-state index in [1.807, 2.05) is 0 Å². The van der Waals surface area contributed by atoms with Crippen LogP contribution in [0.2, 0.25) is 0 Å². The van der Waals surface area contributed by atoms with Crippen molar-refractivity contribution >= 4 is 5.91 Å². The predicted molar refractivity (Wildman–Crippen MR) is 68.7 cm³/mol. The Morgan fingerprint density at radius 1 is 1.22 bits per heavy atom. The molecule has 1 saturated carbocycles. The quantitative estimate of drug-likeness (QED) is 0.753. The first-order chi connectivity index (χ1) is 8.54. The average molecular weight is 249 g/mol. The number of phenols is 2. The van der Waals surface area contributed by atoms with Crippen molar-refractivity contribution in [3.05, 3.63) is 23.8 Å². The van der Waals surface area contributed by atoms with Gasteiger partial charge < -0.3 is 15.5 Å². The van der Waals surface area contributed by atoms with Gasteiger partial charge >= 0.3 is 0 Å². The van der Waals surface area contributed by atoms with E-state index in [9.17, 15) is 15.0 Å². The number of benzene rings is 1. The molecule has 1 aliphatic carbocycles. The summed E-state index contributed by atoms with van der Waals surface area (Å²) in [4.78, 5) is 12.0. The number of carbonyl (C=O) groups is 1. The maximum absolute atomic E-state index is 12.0. The number of carbonyl (C=O) groups excluding carboxylic acids is 1. The van der Waals surface area contributed by atoms with E-state index >= 15 is 0 Å². The number of hydrogen-bond donors (Lipinski definition) is 3. The van der Waals surface area contributed by atoms with Crippen LogP contribution in [0.25, 0.3) is 0 Å². The number of nitrogens with one attached hydrogen (secondary N) is 1. The molecular weight excluding hydrogens is 230 g/mol. The van der Waals surface area contributed by atoms with E-state index < -0.39 is 0 Å². The lowest BCUT2D eigenvalue weighted by Crippen LogP contribution is -2.37. The second kappa shape index (κ2) is 5.29. The van der Waals surface area contributed by atoms with E-state index in [0.29, 0.717) is 11.5 Å². The molecule has 1 fully saturated rings. The highest BCUT2D eigenvalue weighted by molar-refractivity contribution is 5.95. The predicted octanol–water partition coefficient (Wildman–Crippen LogP) is 2.41. The van der Waals surface area contributed by atoms with Gasteiger partial charge in [-0.15, -0.1) is 0 Å². The smallest absolute Gasteiger partial charge is 0.251 e. The molecule has 1 amide bonds. The SMILES string of the molecule is CC1CCCC(NC(=O)c2cc(O)cc(O)c2)C1. The molecule has 0 bridgehead atoms. The van der Waals surface area contributed by atoms with Crippen LogP contribution in [0, 0.1) is 5.92 Å². The van der Waals surface area contributed by atoms with Crippen LogP contribution in [0.5, 0.6) is 11.5 Å². The van der Waals surface area contributed by atoms with Gasteiger partial charge in [0.2, 0.25) is 0 Å². The summed E-state index contributed by atoms with van der Waals surface area (Å²) < 4.78 is 0. The molecule has 1 aliphatic rings. The number of phenolic OH excluding ortho intramolecular Hbond substituents is 2. The fraction of sp³-hybridized carbons (Fsp3) is 0.500. The first kappa shape index (κ1) is 12.7. The standard InChI is InChI=1S/C14H19NO3/c1-9-3-2-4-11(5-9)15-14(18)10-6-12(16)8-13(17)7-10/h6-9,11,16-17H,2-5H2,1H3,(H,15,18). The molecule has 0 saturated heterocycles. The van der Waals surface area contributed by atoms with Crippen LogP contribution in [0.3, 0.4) is 0 Å². The third kappa shape index (κ3) is 3.15. The van der Waals surface area contributed by atoms with E-state index in [1.165, 1.54) is 24.6 Å². The van der Waals surface area contributed by atoms with Gasteiger partial charge in [0.1, 0.15) is 11.5 Å². The van der Waals surface area contributed by atoms with Gasteiger partial charge in [-0.25, -0.2) is 0 Å². The highest BCUT2D eigenvalue weighted by atomic mass is 16.3. The van der Waals surface area contributed by atoms with Crippen molar-refractivity contribution in [2.45, 2.75) is 38.6 Å². The van der Waals surface area contributed by atoms with Gasteiger partial charge in [0.05, 0.1) is 0 Å². The molecule has 0 radical (unpaired) electrons. The Bertz CT molecular complexity index is 424. The minimum atomic E-state index is -0.236. The van der Waals surface area contributed by atoms with Crippen molar-refractivity contribution in [3.8, 4) is 11.5 Å². The first-order valence-corrected chi connectivity index (χ1v) is 6.38. The number of rotatable bonds is 2. The van der Waals surface area contributed by atoms with Crippen LogP contribution >= 0.6 is 0 Å². The Labute approximate surface area is 107 Å². The van der Waals surface area contributed by atoms with Crippen LogP contribution in [-0.2, 0) is 0 Å². The minimum Gasteiger partial charge on any atom is -0.508 e. The van der Waals surface area contributed by atoms with Crippen LogP contribution in [0.1, 0.15) is 43.0 Å². The lowest BCUT2D eigenvalue weighted by molar-refractivity contribution is 0.0920. The maximum Gasteiger partial charge on any atom is 0.251 e. The molecule has 0 aromatic heterocycles. The van der Waals surface area contributed by atoms with Crippen molar-refractivity contribution in [2.75, 3.05) is 0 Å². The summed E-state index contributed by atoms with van der Waals surface area (Å²) in [5.74, 6) is 0.205.